The van der Waals surface area contributed by atoms with Crippen LogP contribution in [0.4, 0.5) is 0 Å². The Kier molecular flexibility index (Phi) is 7.02. The molecule has 2 aromatic rings. The number of nitrogens with one attached hydrogen (secondary N) is 1. The summed E-state index contributed by atoms with van der Waals surface area (Å²) in [6.45, 7) is 3.84. The molecule has 1 atom stereocenters. The normalized spacial score (nSPS) is 11.9. The van der Waals surface area contributed by atoms with Crippen molar-refractivity contribution < 1.29 is 14.3 Å². The molecule has 0 radical (unpaired) electrons. The van der Waals surface area contributed by atoms with Gasteiger partial charge in [0.15, 0.2) is 0 Å². The van der Waals surface area contributed by atoms with Crippen LogP contribution in [0.2, 0.25) is 5.02 Å². The van der Waals surface area contributed by atoms with Gasteiger partial charge in [0, 0.05) is 4.47 Å². The average molecular weight is 425 g/mol. The number of hydrogen-bond donors (Lipinski definition) is 1. The van der Waals surface area contributed by atoms with E-state index >= 15 is 0 Å². The van der Waals surface area contributed by atoms with Crippen molar-refractivity contribution in [1.29, 1.82) is 0 Å². The average Bonchev–Trinajstić information content (AvgIpc) is 2.58. The third-order valence-electron chi connectivity index (χ3n) is 3.62. The Balaban J connectivity index is 2.01. The zero-order valence-electron chi connectivity index (χ0n) is 14.0. The highest BCUT2D eigenvalue weighted by Gasteiger charge is 2.26. The molecule has 1 amide bonds. The predicted molar refractivity (Wildman–Crippen MR) is 101 cm³/mol. The molecule has 0 spiro atoms. The summed E-state index contributed by atoms with van der Waals surface area (Å²) in [5.74, 6) is -0.993. The highest BCUT2D eigenvalue weighted by molar-refractivity contribution is 9.10. The largest absolute Gasteiger partial charge is 0.459 e. The first kappa shape index (κ1) is 19.5. The van der Waals surface area contributed by atoms with E-state index in [-0.39, 0.29) is 12.5 Å². The minimum absolute atomic E-state index is 0.121. The van der Waals surface area contributed by atoms with Gasteiger partial charge in [-0.25, -0.2) is 4.79 Å². The van der Waals surface area contributed by atoms with Crippen molar-refractivity contribution in [2.45, 2.75) is 26.5 Å². The van der Waals surface area contributed by atoms with Gasteiger partial charge in [-0.3, -0.25) is 4.79 Å². The van der Waals surface area contributed by atoms with Gasteiger partial charge in [-0.15, -0.1) is 0 Å². The van der Waals surface area contributed by atoms with Crippen LogP contribution < -0.4 is 5.32 Å². The van der Waals surface area contributed by atoms with Crippen molar-refractivity contribution in [3.63, 3.8) is 0 Å². The van der Waals surface area contributed by atoms with E-state index in [2.05, 4.69) is 21.2 Å². The summed E-state index contributed by atoms with van der Waals surface area (Å²) in [7, 11) is 0. The van der Waals surface area contributed by atoms with E-state index in [1.807, 2.05) is 38.1 Å². The zero-order valence-corrected chi connectivity index (χ0v) is 16.3. The van der Waals surface area contributed by atoms with Gasteiger partial charge in [-0.05, 0) is 35.7 Å². The Morgan fingerprint density at radius 1 is 1.12 bits per heavy atom. The molecular formula is C19H19BrClNO3. The van der Waals surface area contributed by atoms with E-state index < -0.39 is 17.9 Å². The van der Waals surface area contributed by atoms with Crippen LogP contribution >= 0.6 is 27.5 Å². The van der Waals surface area contributed by atoms with Crippen LogP contribution in [0, 0.1) is 5.92 Å². The maximum absolute atomic E-state index is 12.4. The highest BCUT2D eigenvalue weighted by atomic mass is 79.9. The van der Waals surface area contributed by atoms with Crippen molar-refractivity contribution in [3.05, 3.63) is 69.2 Å². The summed E-state index contributed by atoms with van der Waals surface area (Å²) in [6, 6.07) is 13.4. The van der Waals surface area contributed by atoms with Crippen molar-refractivity contribution in [3.8, 4) is 0 Å². The molecule has 25 heavy (non-hydrogen) atoms. The van der Waals surface area contributed by atoms with E-state index in [4.69, 9.17) is 16.3 Å². The van der Waals surface area contributed by atoms with Crippen LogP contribution in [0.5, 0.6) is 0 Å². The van der Waals surface area contributed by atoms with Gasteiger partial charge >= 0.3 is 5.97 Å². The number of carbonyl (C=O) groups excluding carboxylic acids is 2. The zero-order chi connectivity index (χ0) is 18.4. The molecular weight excluding hydrogens is 406 g/mol. The van der Waals surface area contributed by atoms with E-state index in [0.29, 0.717) is 10.6 Å². The Hall–Kier alpha value is -1.85. The summed E-state index contributed by atoms with van der Waals surface area (Å²) in [6.07, 6.45) is 0. The number of ether oxygens (including phenoxy) is 1. The molecule has 0 aromatic heterocycles. The highest BCUT2D eigenvalue weighted by Crippen LogP contribution is 2.16. The smallest absolute Gasteiger partial charge is 0.329 e. The second-order valence-corrected chi connectivity index (χ2v) is 7.23. The van der Waals surface area contributed by atoms with Crippen molar-refractivity contribution in [2.75, 3.05) is 0 Å². The lowest BCUT2D eigenvalue weighted by molar-refractivity contribution is -0.148. The fourth-order valence-electron chi connectivity index (χ4n) is 2.19. The Morgan fingerprint density at radius 2 is 1.76 bits per heavy atom. The Morgan fingerprint density at radius 3 is 2.36 bits per heavy atom. The molecule has 0 aliphatic heterocycles. The lowest BCUT2D eigenvalue weighted by Gasteiger charge is -2.21. The molecule has 2 rings (SSSR count). The number of esters is 1. The molecule has 132 valence electrons. The second-order valence-electron chi connectivity index (χ2n) is 5.91. The third kappa shape index (κ3) is 5.58. The monoisotopic (exact) mass is 423 g/mol. The quantitative estimate of drug-likeness (QED) is 0.690. The molecule has 0 aliphatic rings. The van der Waals surface area contributed by atoms with Gasteiger partial charge < -0.3 is 10.1 Å². The molecule has 0 saturated carbocycles. The van der Waals surface area contributed by atoms with E-state index in [9.17, 15) is 9.59 Å². The summed E-state index contributed by atoms with van der Waals surface area (Å²) >= 11 is 9.39. The Labute approximate surface area is 160 Å². The van der Waals surface area contributed by atoms with Crippen LogP contribution in [-0.2, 0) is 16.1 Å². The van der Waals surface area contributed by atoms with E-state index in [0.717, 1.165) is 10.0 Å². The van der Waals surface area contributed by atoms with Crippen LogP contribution in [0.15, 0.2) is 53.0 Å². The molecule has 0 fully saturated rings. The molecule has 0 aliphatic carbocycles. The molecule has 2 aromatic carbocycles. The number of benzene rings is 2. The van der Waals surface area contributed by atoms with E-state index in [1.54, 1.807) is 24.3 Å². The summed E-state index contributed by atoms with van der Waals surface area (Å²) in [5.41, 5.74) is 1.20. The number of rotatable bonds is 6. The topological polar surface area (TPSA) is 55.4 Å². The summed E-state index contributed by atoms with van der Waals surface area (Å²) in [5, 5.41) is 3.05. The molecule has 0 saturated heterocycles. The molecule has 6 heteroatoms. The molecule has 0 unspecified atom stereocenters. The van der Waals surface area contributed by atoms with Gasteiger partial charge in [0.1, 0.15) is 12.6 Å². The molecule has 0 bridgehead atoms. The van der Waals surface area contributed by atoms with Crippen LogP contribution in [0.1, 0.15) is 29.8 Å². The molecule has 1 N–H and O–H groups in total. The van der Waals surface area contributed by atoms with E-state index in [1.165, 1.54) is 0 Å². The van der Waals surface area contributed by atoms with Crippen molar-refractivity contribution in [1.82, 2.24) is 5.32 Å². The number of amides is 1. The van der Waals surface area contributed by atoms with Gasteiger partial charge in [-0.1, -0.05) is 65.6 Å². The summed E-state index contributed by atoms with van der Waals surface area (Å²) < 4.78 is 6.31. The minimum atomic E-state index is -0.751. The first-order valence-corrected chi connectivity index (χ1v) is 9.02. The lowest BCUT2D eigenvalue weighted by Crippen LogP contribution is -2.45. The number of carbonyl (C=O) groups is 2. The van der Waals surface area contributed by atoms with Gasteiger partial charge in [0.2, 0.25) is 0 Å². The van der Waals surface area contributed by atoms with Gasteiger partial charge in [0.05, 0.1) is 10.6 Å². The molecule has 0 heterocycles. The maximum Gasteiger partial charge on any atom is 0.329 e. The SMILES string of the molecule is CC(C)[C@H](NC(=O)c1ccccc1Cl)C(=O)OCc1ccc(Br)cc1. The van der Waals surface area contributed by atoms with Crippen LogP contribution in [0.3, 0.4) is 0 Å². The molecule has 4 nitrogen and oxygen atoms in total. The van der Waals surface area contributed by atoms with Crippen molar-refractivity contribution >= 4 is 39.4 Å². The first-order valence-electron chi connectivity index (χ1n) is 7.85. The fourth-order valence-corrected chi connectivity index (χ4v) is 2.67. The third-order valence-corrected chi connectivity index (χ3v) is 4.48. The second kappa shape index (κ2) is 9.02. The number of halogens is 2. The first-order chi connectivity index (χ1) is 11.9. The van der Waals surface area contributed by atoms with Crippen LogP contribution in [0.25, 0.3) is 0 Å². The fraction of sp³-hybridized carbons (Fsp3) is 0.263. The Bertz CT molecular complexity index is 747. The summed E-state index contributed by atoms with van der Waals surface area (Å²) in [4.78, 5) is 24.8. The number of hydrogen-bond acceptors (Lipinski definition) is 3. The van der Waals surface area contributed by atoms with Gasteiger partial charge in [-0.2, -0.15) is 0 Å². The predicted octanol–water partition coefficient (Wildman–Crippen LogP) is 4.60. The van der Waals surface area contributed by atoms with Crippen molar-refractivity contribution in [2.24, 2.45) is 5.92 Å². The maximum atomic E-state index is 12.4. The standard InChI is InChI=1S/C19H19BrClNO3/c1-12(2)17(22-18(23)15-5-3-4-6-16(15)21)19(24)25-11-13-7-9-14(20)10-8-13/h3-10,12,17H,11H2,1-2H3,(H,22,23)/t17-/m0/s1. The van der Waals surface area contributed by atoms with Gasteiger partial charge in [0.25, 0.3) is 5.91 Å². The lowest BCUT2D eigenvalue weighted by atomic mass is 10.0. The minimum Gasteiger partial charge on any atom is -0.459 e. The van der Waals surface area contributed by atoms with Crippen LogP contribution in [-0.4, -0.2) is 17.9 Å².